The zero-order chi connectivity index (χ0) is 15.7. The van der Waals surface area contributed by atoms with Crippen LogP contribution in [0, 0.1) is 19.7 Å². The lowest BCUT2D eigenvalue weighted by atomic mass is 9.93. The van der Waals surface area contributed by atoms with Gasteiger partial charge in [-0.25, -0.2) is 4.39 Å². The summed E-state index contributed by atoms with van der Waals surface area (Å²) in [6.45, 7) is 3.92. The van der Waals surface area contributed by atoms with Crippen LogP contribution in [0.25, 0.3) is 0 Å². The van der Waals surface area contributed by atoms with Gasteiger partial charge in [0.1, 0.15) is 11.6 Å². The molecular formula is C16H16BrClFNO. The van der Waals surface area contributed by atoms with Gasteiger partial charge in [0.25, 0.3) is 0 Å². The maximum atomic E-state index is 13.3. The van der Waals surface area contributed by atoms with E-state index in [4.69, 9.17) is 22.1 Å². The molecule has 21 heavy (non-hydrogen) atoms. The van der Waals surface area contributed by atoms with Crippen LogP contribution in [0.1, 0.15) is 28.3 Å². The number of ether oxygens (including phenoxy) is 1. The summed E-state index contributed by atoms with van der Waals surface area (Å²) < 4.78 is 19.8. The zero-order valence-electron chi connectivity index (χ0n) is 12.0. The maximum absolute atomic E-state index is 13.3. The highest BCUT2D eigenvalue weighted by Crippen LogP contribution is 2.38. The second-order valence-electron chi connectivity index (χ2n) is 4.90. The van der Waals surface area contributed by atoms with Crippen molar-refractivity contribution in [2.75, 3.05) is 7.11 Å². The van der Waals surface area contributed by atoms with Crippen molar-refractivity contribution in [1.82, 2.24) is 0 Å². The van der Waals surface area contributed by atoms with Crippen LogP contribution in [0.5, 0.6) is 5.75 Å². The third-order valence-corrected chi connectivity index (χ3v) is 4.64. The molecule has 0 aliphatic carbocycles. The monoisotopic (exact) mass is 371 g/mol. The molecule has 2 aromatic carbocycles. The van der Waals surface area contributed by atoms with Gasteiger partial charge in [-0.05, 0) is 48.7 Å². The van der Waals surface area contributed by atoms with Crippen LogP contribution in [0.2, 0.25) is 5.02 Å². The smallest absolute Gasteiger partial charge is 0.141 e. The van der Waals surface area contributed by atoms with Crippen molar-refractivity contribution < 1.29 is 9.13 Å². The Labute approximate surface area is 137 Å². The van der Waals surface area contributed by atoms with Crippen molar-refractivity contribution in [1.29, 1.82) is 0 Å². The van der Waals surface area contributed by atoms with Gasteiger partial charge in [-0.1, -0.05) is 33.6 Å². The van der Waals surface area contributed by atoms with E-state index < -0.39 is 11.9 Å². The lowest BCUT2D eigenvalue weighted by Gasteiger charge is -2.21. The van der Waals surface area contributed by atoms with Crippen LogP contribution < -0.4 is 10.5 Å². The highest BCUT2D eigenvalue weighted by molar-refractivity contribution is 9.10. The van der Waals surface area contributed by atoms with Crippen molar-refractivity contribution in [3.05, 3.63) is 61.8 Å². The molecule has 2 N–H and O–H groups in total. The Morgan fingerprint density at radius 3 is 2.52 bits per heavy atom. The van der Waals surface area contributed by atoms with E-state index in [2.05, 4.69) is 15.9 Å². The lowest BCUT2D eigenvalue weighted by Crippen LogP contribution is -2.15. The Kier molecular flexibility index (Phi) is 4.91. The maximum Gasteiger partial charge on any atom is 0.141 e. The first-order valence-corrected chi connectivity index (χ1v) is 7.58. The van der Waals surface area contributed by atoms with E-state index in [1.165, 1.54) is 6.07 Å². The van der Waals surface area contributed by atoms with Crippen molar-refractivity contribution in [2.24, 2.45) is 5.73 Å². The predicted octanol–water partition coefficient (Wildman–Crippen LogP) is 4.92. The molecule has 0 aliphatic rings. The minimum Gasteiger partial charge on any atom is -0.496 e. The molecule has 0 saturated heterocycles. The molecular weight excluding hydrogens is 357 g/mol. The second-order valence-corrected chi connectivity index (χ2v) is 6.16. The van der Waals surface area contributed by atoms with E-state index in [-0.39, 0.29) is 5.02 Å². The molecule has 0 fully saturated rings. The molecule has 5 heteroatoms. The average Bonchev–Trinajstić information content (AvgIpc) is 2.44. The highest BCUT2D eigenvalue weighted by Gasteiger charge is 2.21. The minimum absolute atomic E-state index is 0.0614. The van der Waals surface area contributed by atoms with Crippen LogP contribution in [-0.4, -0.2) is 7.11 Å². The van der Waals surface area contributed by atoms with Gasteiger partial charge in [-0.3, -0.25) is 0 Å². The quantitative estimate of drug-likeness (QED) is 0.830. The molecule has 0 bridgehead atoms. The van der Waals surface area contributed by atoms with Gasteiger partial charge in [-0.2, -0.15) is 0 Å². The van der Waals surface area contributed by atoms with Gasteiger partial charge < -0.3 is 10.5 Å². The molecule has 0 spiro atoms. The SMILES string of the molecule is COc1c(C)cc(Br)c(C)c1C(N)c1ccc(F)c(Cl)c1. The standard InChI is InChI=1S/C16H16BrClFNO/c1-8-6-11(17)9(2)14(16(8)21-3)15(20)10-4-5-13(19)12(18)7-10/h4-7,15H,20H2,1-3H3. The Bertz CT molecular complexity index is 690. The summed E-state index contributed by atoms with van der Waals surface area (Å²) in [6.07, 6.45) is 0. The highest BCUT2D eigenvalue weighted by atomic mass is 79.9. The van der Waals surface area contributed by atoms with Crippen LogP contribution in [-0.2, 0) is 0 Å². The minimum atomic E-state index is -0.457. The van der Waals surface area contributed by atoms with Gasteiger partial charge in [0.15, 0.2) is 0 Å². The fourth-order valence-corrected chi connectivity index (χ4v) is 3.14. The zero-order valence-corrected chi connectivity index (χ0v) is 14.3. The van der Waals surface area contributed by atoms with Crippen LogP contribution >= 0.6 is 27.5 Å². The van der Waals surface area contributed by atoms with E-state index in [1.807, 2.05) is 19.9 Å². The lowest BCUT2D eigenvalue weighted by molar-refractivity contribution is 0.404. The first-order chi connectivity index (χ1) is 9.86. The molecule has 1 unspecified atom stereocenters. The second kappa shape index (κ2) is 6.34. The topological polar surface area (TPSA) is 35.2 Å². The molecule has 0 aliphatic heterocycles. The fraction of sp³-hybridized carbons (Fsp3) is 0.250. The van der Waals surface area contributed by atoms with Crippen LogP contribution in [0.3, 0.4) is 0 Å². The molecule has 0 heterocycles. The molecule has 2 rings (SSSR count). The number of hydrogen-bond donors (Lipinski definition) is 1. The van der Waals surface area contributed by atoms with E-state index in [0.29, 0.717) is 0 Å². The first kappa shape index (κ1) is 16.3. The summed E-state index contributed by atoms with van der Waals surface area (Å²) in [7, 11) is 1.61. The normalized spacial score (nSPS) is 12.3. The molecule has 0 radical (unpaired) electrons. The third-order valence-electron chi connectivity index (χ3n) is 3.53. The summed E-state index contributed by atoms with van der Waals surface area (Å²) >= 11 is 9.38. The predicted molar refractivity (Wildman–Crippen MR) is 87.6 cm³/mol. The van der Waals surface area contributed by atoms with Crippen molar-refractivity contribution in [3.8, 4) is 5.75 Å². The van der Waals surface area contributed by atoms with E-state index in [1.54, 1.807) is 19.2 Å². The summed E-state index contributed by atoms with van der Waals surface area (Å²) in [4.78, 5) is 0. The Balaban J connectivity index is 2.62. The third kappa shape index (κ3) is 3.07. The Morgan fingerprint density at radius 2 is 1.95 bits per heavy atom. The van der Waals surface area contributed by atoms with E-state index in [9.17, 15) is 4.39 Å². The number of nitrogens with two attached hydrogens (primary N) is 1. The summed E-state index contributed by atoms with van der Waals surface area (Å²) in [6, 6.07) is 6.05. The van der Waals surface area contributed by atoms with Gasteiger partial charge >= 0.3 is 0 Å². The molecule has 0 saturated carbocycles. The first-order valence-electron chi connectivity index (χ1n) is 6.41. The van der Waals surface area contributed by atoms with Crippen molar-refractivity contribution >= 4 is 27.5 Å². The average molecular weight is 373 g/mol. The molecule has 0 amide bonds. The van der Waals surface area contributed by atoms with Gasteiger partial charge in [-0.15, -0.1) is 0 Å². The number of hydrogen-bond acceptors (Lipinski definition) is 2. The van der Waals surface area contributed by atoms with Crippen molar-refractivity contribution in [3.63, 3.8) is 0 Å². The van der Waals surface area contributed by atoms with Gasteiger partial charge in [0.2, 0.25) is 0 Å². The number of rotatable bonds is 3. The van der Waals surface area contributed by atoms with Crippen LogP contribution in [0.15, 0.2) is 28.7 Å². The number of halogens is 3. The van der Waals surface area contributed by atoms with Gasteiger partial charge in [0.05, 0.1) is 18.2 Å². The van der Waals surface area contributed by atoms with Crippen LogP contribution in [0.4, 0.5) is 4.39 Å². The molecule has 2 aromatic rings. The Morgan fingerprint density at radius 1 is 1.29 bits per heavy atom. The molecule has 2 nitrogen and oxygen atoms in total. The fourth-order valence-electron chi connectivity index (χ4n) is 2.39. The number of methoxy groups -OCH3 is 1. The number of benzene rings is 2. The largest absolute Gasteiger partial charge is 0.496 e. The summed E-state index contributed by atoms with van der Waals surface area (Å²) in [5.41, 5.74) is 9.94. The summed E-state index contributed by atoms with van der Waals surface area (Å²) in [5.74, 6) is 0.283. The number of aryl methyl sites for hydroxylation is 1. The molecule has 112 valence electrons. The molecule has 0 aromatic heterocycles. The summed E-state index contributed by atoms with van der Waals surface area (Å²) in [5, 5.41) is 0.0614. The van der Waals surface area contributed by atoms with Gasteiger partial charge in [0, 0.05) is 10.0 Å². The van der Waals surface area contributed by atoms with E-state index in [0.717, 1.165) is 32.5 Å². The van der Waals surface area contributed by atoms with E-state index >= 15 is 0 Å². The van der Waals surface area contributed by atoms with Crippen molar-refractivity contribution in [2.45, 2.75) is 19.9 Å². The Hall–Kier alpha value is -1.10. The molecule has 1 atom stereocenters.